The minimum Gasteiger partial charge on any atom is -0.299 e. The minimum absolute atomic E-state index is 0.281. The Morgan fingerprint density at radius 3 is 1.31 bits per heavy atom. The van der Waals surface area contributed by atoms with Gasteiger partial charge in [0.05, 0.1) is 0 Å². The van der Waals surface area contributed by atoms with E-state index in [1.807, 2.05) is 0 Å². The Morgan fingerprint density at radius 2 is 1.12 bits per heavy atom. The normalized spacial score (nSPS) is 15.5. The molecule has 2 atom stereocenters. The molecule has 1 heteroatoms. The van der Waals surface area contributed by atoms with Crippen LogP contribution in [0, 0.1) is 23.7 Å². The van der Waals surface area contributed by atoms with Gasteiger partial charge in [0.1, 0.15) is 5.78 Å². The van der Waals surface area contributed by atoms with Crippen LogP contribution in [0.3, 0.4) is 0 Å². The van der Waals surface area contributed by atoms with Crippen LogP contribution in [-0.4, -0.2) is 5.78 Å². The van der Waals surface area contributed by atoms with Crippen LogP contribution in [-0.2, 0) is 4.79 Å². The van der Waals surface area contributed by atoms with E-state index >= 15 is 0 Å². The van der Waals surface area contributed by atoms with Gasteiger partial charge in [0.15, 0.2) is 0 Å². The first kappa shape index (κ1) is 15.7. The summed E-state index contributed by atoms with van der Waals surface area (Å²) in [7, 11) is 0. The summed E-state index contributed by atoms with van der Waals surface area (Å²) in [6, 6.07) is 0. The molecular weight excluding hydrogens is 196 g/mol. The summed E-state index contributed by atoms with van der Waals surface area (Å²) >= 11 is 0. The number of hydrogen-bond acceptors (Lipinski definition) is 1. The number of hydrogen-bond donors (Lipinski definition) is 0. The fraction of sp³-hybridized carbons (Fsp3) is 0.933. The first-order valence-corrected chi connectivity index (χ1v) is 6.99. The molecule has 0 fully saturated rings. The second-order valence-corrected chi connectivity index (χ2v) is 5.68. The summed E-state index contributed by atoms with van der Waals surface area (Å²) < 4.78 is 0. The summed E-state index contributed by atoms with van der Waals surface area (Å²) in [4.78, 5) is 12.5. The monoisotopic (exact) mass is 226 g/mol. The van der Waals surface area contributed by atoms with Crippen LogP contribution >= 0.6 is 0 Å². The highest BCUT2D eigenvalue weighted by molar-refractivity contribution is 5.83. The van der Waals surface area contributed by atoms with Crippen molar-refractivity contribution in [3.8, 4) is 0 Å². The highest BCUT2D eigenvalue weighted by atomic mass is 16.1. The Bertz CT molecular complexity index is 174. The standard InChI is InChI=1S/C15H30O/c1-7-9-13(11(3)4)15(16)14(10-8-2)12(5)6/h11-14H,7-10H2,1-6H3. The van der Waals surface area contributed by atoms with Crippen LogP contribution in [0.4, 0.5) is 0 Å². The van der Waals surface area contributed by atoms with Crippen molar-refractivity contribution in [2.45, 2.75) is 67.2 Å². The van der Waals surface area contributed by atoms with Gasteiger partial charge < -0.3 is 0 Å². The highest BCUT2D eigenvalue weighted by Crippen LogP contribution is 2.28. The molecule has 0 spiro atoms. The van der Waals surface area contributed by atoms with Gasteiger partial charge in [-0.15, -0.1) is 0 Å². The summed E-state index contributed by atoms with van der Waals surface area (Å²) in [6.07, 6.45) is 4.35. The molecule has 0 aromatic carbocycles. The zero-order valence-corrected chi connectivity index (χ0v) is 12.0. The van der Waals surface area contributed by atoms with E-state index in [1.165, 1.54) is 0 Å². The van der Waals surface area contributed by atoms with Crippen molar-refractivity contribution in [3.63, 3.8) is 0 Å². The summed E-state index contributed by atoms with van der Waals surface area (Å²) in [6.45, 7) is 13.1. The topological polar surface area (TPSA) is 17.1 Å². The summed E-state index contributed by atoms with van der Waals surface area (Å²) in [5.41, 5.74) is 0. The van der Waals surface area contributed by atoms with E-state index < -0.39 is 0 Å². The molecular formula is C15H30O. The average Bonchev–Trinajstić information content (AvgIpc) is 2.20. The van der Waals surface area contributed by atoms with Crippen molar-refractivity contribution in [2.75, 3.05) is 0 Å². The Balaban J connectivity index is 4.66. The fourth-order valence-corrected chi connectivity index (χ4v) is 2.51. The maximum atomic E-state index is 12.5. The molecule has 0 aromatic heterocycles. The predicted octanol–water partition coefficient (Wildman–Crippen LogP) is 4.70. The molecule has 0 aliphatic heterocycles. The number of carbonyl (C=O) groups is 1. The molecule has 0 saturated heterocycles. The van der Waals surface area contributed by atoms with Crippen LogP contribution < -0.4 is 0 Å². The number of ketones is 1. The molecule has 2 unspecified atom stereocenters. The first-order valence-electron chi connectivity index (χ1n) is 6.99. The van der Waals surface area contributed by atoms with Crippen LogP contribution in [0.2, 0.25) is 0 Å². The van der Waals surface area contributed by atoms with Crippen LogP contribution in [0.1, 0.15) is 67.2 Å². The predicted molar refractivity (Wildman–Crippen MR) is 71.5 cm³/mol. The fourth-order valence-electron chi connectivity index (χ4n) is 2.51. The van der Waals surface area contributed by atoms with Crippen molar-refractivity contribution >= 4 is 5.78 Å². The Morgan fingerprint density at radius 1 is 0.812 bits per heavy atom. The van der Waals surface area contributed by atoms with Gasteiger partial charge >= 0.3 is 0 Å². The maximum absolute atomic E-state index is 12.5. The Hall–Kier alpha value is -0.330. The van der Waals surface area contributed by atoms with Crippen LogP contribution in [0.25, 0.3) is 0 Å². The van der Waals surface area contributed by atoms with Crippen molar-refractivity contribution in [1.82, 2.24) is 0 Å². The van der Waals surface area contributed by atoms with Crippen molar-refractivity contribution in [3.05, 3.63) is 0 Å². The van der Waals surface area contributed by atoms with E-state index in [0.717, 1.165) is 25.7 Å². The van der Waals surface area contributed by atoms with E-state index in [0.29, 0.717) is 17.6 Å². The molecule has 0 aliphatic carbocycles. The smallest absolute Gasteiger partial charge is 0.139 e. The lowest BCUT2D eigenvalue weighted by atomic mass is 9.76. The number of rotatable bonds is 8. The van der Waals surface area contributed by atoms with Crippen molar-refractivity contribution in [2.24, 2.45) is 23.7 Å². The molecule has 1 nitrogen and oxygen atoms in total. The Labute approximate surface area is 102 Å². The molecule has 0 heterocycles. The number of carbonyl (C=O) groups excluding carboxylic acids is 1. The van der Waals surface area contributed by atoms with E-state index in [-0.39, 0.29) is 11.8 Å². The first-order chi connectivity index (χ1) is 7.45. The molecule has 16 heavy (non-hydrogen) atoms. The van der Waals surface area contributed by atoms with Crippen molar-refractivity contribution in [1.29, 1.82) is 0 Å². The van der Waals surface area contributed by atoms with Gasteiger partial charge in [0, 0.05) is 11.8 Å². The van der Waals surface area contributed by atoms with Gasteiger partial charge in [-0.25, -0.2) is 0 Å². The third kappa shape index (κ3) is 4.67. The highest BCUT2D eigenvalue weighted by Gasteiger charge is 2.29. The van der Waals surface area contributed by atoms with Gasteiger partial charge in [-0.05, 0) is 24.7 Å². The van der Waals surface area contributed by atoms with E-state index in [2.05, 4.69) is 41.5 Å². The lowest BCUT2D eigenvalue weighted by Crippen LogP contribution is -2.30. The molecule has 0 amide bonds. The molecule has 0 aromatic rings. The zero-order valence-electron chi connectivity index (χ0n) is 12.0. The molecule has 96 valence electrons. The second-order valence-electron chi connectivity index (χ2n) is 5.68. The summed E-state index contributed by atoms with van der Waals surface area (Å²) in [5.74, 6) is 2.07. The molecule has 0 N–H and O–H groups in total. The lowest BCUT2D eigenvalue weighted by molar-refractivity contribution is -0.130. The molecule has 0 saturated carbocycles. The average molecular weight is 226 g/mol. The molecule has 0 bridgehead atoms. The zero-order chi connectivity index (χ0) is 12.7. The minimum atomic E-state index is 0.281. The number of Topliss-reactive ketones (excluding diaryl/α,β-unsaturated/α-hetero) is 1. The van der Waals surface area contributed by atoms with Crippen molar-refractivity contribution < 1.29 is 4.79 Å². The van der Waals surface area contributed by atoms with Crippen LogP contribution in [0.5, 0.6) is 0 Å². The van der Waals surface area contributed by atoms with E-state index in [1.54, 1.807) is 0 Å². The third-order valence-electron chi connectivity index (χ3n) is 3.54. The second kappa shape index (κ2) is 7.86. The Kier molecular flexibility index (Phi) is 7.70. The van der Waals surface area contributed by atoms with Gasteiger partial charge in [-0.3, -0.25) is 4.79 Å². The SMILES string of the molecule is CCCC(C(=O)C(CCC)C(C)C)C(C)C. The third-order valence-corrected chi connectivity index (χ3v) is 3.54. The molecule has 0 radical (unpaired) electrons. The van der Waals surface area contributed by atoms with Crippen LogP contribution in [0.15, 0.2) is 0 Å². The maximum Gasteiger partial charge on any atom is 0.139 e. The van der Waals surface area contributed by atoms with E-state index in [9.17, 15) is 4.79 Å². The lowest BCUT2D eigenvalue weighted by Gasteiger charge is -2.27. The molecule has 0 aliphatic rings. The van der Waals surface area contributed by atoms with Gasteiger partial charge in [0.25, 0.3) is 0 Å². The largest absolute Gasteiger partial charge is 0.299 e. The van der Waals surface area contributed by atoms with E-state index in [4.69, 9.17) is 0 Å². The summed E-state index contributed by atoms with van der Waals surface area (Å²) in [5, 5.41) is 0. The van der Waals surface area contributed by atoms with Gasteiger partial charge in [0.2, 0.25) is 0 Å². The van der Waals surface area contributed by atoms with Gasteiger partial charge in [-0.2, -0.15) is 0 Å². The quantitative estimate of drug-likeness (QED) is 0.586. The molecule has 0 rings (SSSR count). The van der Waals surface area contributed by atoms with Gasteiger partial charge in [-0.1, -0.05) is 54.4 Å².